The number of hydrogen-bond donors (Lipinski definition) is 1. The summed E-state index contributed by atoms with van der Waals surface area (Å²) >= 11 is 3.17. The van der Waals surface area contributed by atoms with E-state index in [-0.39, 0.29) is 5.82 Å². The summed E-state index contributed by atoms with van der Waals surface area (Å²) in [6, 6.07) is 3.56. The number of rotatable bonds is 2. The normalized spacial score (nSPS) is 10.7. The van der Waals surface area contributed by atoms with Crippen LogP contribution in [0.15, 0.2) is 35.5 Å². The number of nitrogens with one attached hydrogen (secondary N) is 1. The summed E-state index contributed by atoms with van der Waals surface area (Å²) < 4.78 is 14.2. The summed E-state index contributed by atoms with van der Waals surface area (Å²) in [4.78, 5) is 3.03. The monoisotopic (exact) mass is 253 g/mol. The highest BCUT2D eigenvalue weighted by molar-refractivity contribution is 9.10. The zero-order chi connectivity index (χ0) is 10.1. The van der Waals surface area contributed by atoms with Crippen molar-refractivity contribution >= 4 is 26.8 Å². The van der Waals surface area contributed by atoms with Crippen LogP contribution in [0.2, 0.25) is 0 Å². The number of benzene rings is 1. The molecular formula is C11H9BrFN. The van der Waals surface area contributed by atoms with E-state index in [9.17, 15) is 4.39 Å². The van der Waals surface area contributed by atoms with Gasteiger partial charge >= 0.3 is 0 Å². The zero-order valence-electron chi connectivity index (χ0n) is 7.48. The van der Waals surface area contributed by atoms with Gasteiger partial charge in [-0.25, -0.2) is 4.39 Å². The van der Waals surface area contributed by atoms with Gasteiger partial charge in [-0.3, -0.25) is 0 Å². The Bertz CT molecular complexity index is 487. The summed E-state index contributed by atoms with van der Waals surface area (Å²) in [5.74, 6) is -0.208. The molecule has 2 aromatic rings. The fraction of sp³-hybridized carbons (Fsp3) is 0.0909. The molecule has 0 atom stereocenters. The predicted octanol–water partition coefficient (Wildman–Crippen LogP) is 3.80. The molecule has 0 aliphatic heterocycles. The van der Waals surface area contributed by atoms with Gasteiger partial charge in [-0.15, -0.1) is 6.58 Å². The lowest BCUT2D eigenvalue weighted by atomic mass is 10.1. The molecule has 0 unspecified atom stereocenters. The van der Waals surface area contributed by atoms with Crippen molar-refractivity contribution in [3.63, 3.8) is 0 Å². The van der Waals surface area contributed by atoms with Gasteiger partial charge in [0, 0.05) is 17.1 Å². The maximum absolute atomic E-state index is 13.7. The summed E-state index contributed by atoms with van der Waals surface area (Å²) in [5.41, 5.74) is 1.76. The Labute approximate surface area is 89.8 Å². The molecule has 0 saturated carbocycles. The molecule has 0 bridgehead atoms. The molecule has 0 radical (unpaired) electrons. The van der Waals surface area contributed by atoms with Gasteiger partial charge in [-0.2, -0.15) is 0 Å². The van der Waals surface area contributed by atoms with E-state index in [1.165, 1.54) is 0 Å². The molecule has 1 aromatic heterocycles. The lowest BCUT2D eigenvalue weighted by Gasteiger charge is -1.98. The van der Waals surface area contributed by atoms with Crippen molar-refractivity contribution in [1.82, 2.24) is 4.98 Å². The van der Waals surface area contributed by atoms with Crippen molar-refractivity contribution in [2.75, 3.05) is 0 Å². The van der Waals surface area contributed by atoms with Crippen molar-refractivity contribution in [2.45, 2.75) is 6.42 Å². The maximum Gasteiger partial charge on any atom is 0.147 e. The minimum atomic E-state index is -0.208. The van der Waals surface area contributed by atoms with Crippen LogP contribution in [-0.2, 0) is 6.42 Å². The van der Waals surface area contributed by atoms with Gasteiger partial charge in [0.25, 0.3) is 0 Å². The van der Waals surface area contributed by atoms with E-state index in [0.717, 1.165) is 11.1 Å². The van der Waals surface area contributed by atoms with Crippen LogP contribution in [0.4, 0.5) is 4.39 Å². The highest BCUT2D eigenvalue weighted by Crippen LogP contribution is 2.27. The lowest BCUT2D eigenvalue weighted by molar-refractivity contribution is 0.633. The molecule has 3 heteroatoms. The molecule has 1 heterocycles. The Morgan fingerprint density at radius 1 is 1.50 bits per heavy atom. The van der Waals surface area contributed by atoms with Crippen LogP contribution >= 0.6 is 15.9 Å². The van der Waals surface area contributed by atoms with Gasteiger partial charge in [0.1, 0.15) is 5.82 Å². The summed E-state index contributed by atoms with van der Waals surface area (Å²) in [6.45, 7) is 3.65. The molecule has 0 aliphatic rings. The number of hydrogen-bond acceptors (Lipinski definition) is 0. The van der Waals surface area contributed by atoms with Crippen LogP contribution in [0, 0.1) is 5.82 Å². The van der Waals surface area contributed by atoms with Crippen LogP contribution in [-0.4, -0.2) is 4.98 Å². The molecule has 0 saturated heterocycles. The summed E-state index contributed by atoms with van der Waals surface area (Å²) in [5, 5.41) is 0.652. The molecular weight excluding hydrogens is 245 g/mol. The number of aromatic amines is 1. The first-order valence-electron chi connectivity index (χ1n) is 4.29. The Kier molecular flexibility index (Phi) is 2.42. The first-order valence-corrected chi connectivity index (χ1v) is 5.08. The second-order valence-corrected chi connectivity index (χ2v) is 3.94. The van der Waals surface area contributed by atoms with Gasteiger partial charge in [-0.05, 0) is 40.0 Å². The highest BCUT2D eigenvalue weighted by Gasteiger charge is 2.10. The first-order chi connectivity index (χ1) is 6.74. The Balaban J connectivity index is 2.75. The average molecular weight is 254 g/mol. The zero-order valence-corrected chi connectivity index (χ0v) is 9.07. The van der Waals surface area contributed by atoms with Crippen molar-refractivity contribution < 1.29 is 4.39 Å². The minimum Gasteiger partial charge on any atom is -0.361 e. The van der Waals surface area contributed by atoms with Gasteiger partial charge < -0.3 is 4.98 Å². The number of halogens is 2. The SMILES string of the molecule is C=CCc1c[nH]c2ccc(Br)c(F)c12. The van der Waals surface area contributed by atoms with Crippen LogP contribution in [0.3, 0.4) is 0 Å². The van der Waals surface area contributed by atoms with Crippen LogP contribution in [0.1, 0.15) is 5.56 Å². The van der Waals surface area contributed by atoms with Crippen molar-refractivity contribution in [2.24, 2.45) is 0 Å². The van der Waals surface area contributed by atoms with Crippen molar-refractivity contribution in [3.05, 3.63) is 46.8 Å². The van der Waals surface area contributed by atoms with E-state index in [0.29, 0.717) is 16.3 Å². The van der Waals surface area contributed by atoms with Crippen molar-refractivity contribution in [1.29, 1.82) is 0 Å². The van der Waals surface area contributed by atoms with Crippen molar-refractivity contribution in [3.8, 4) is 0 Å². The van der Waals surface area contributed by atoms with E-state index in [1.807, 2.05) is 12.3 Å². The second-order valence-electron chi connectivity index (χ2n) is 3.09. The minimum absolute atomic E-state index is 0.208. The standard InChI is InChI=1S/C11H9BrFN/c1-2-3-7-6-14-9-5-4-8(12)11(13)10(7)9/h2,4-6,14H,1,3H2. The fourth-order valence-corrected chi connectivity index (χ4v) is 1.87. The largest absolute Gasteiger partial charge is 0.361 e. The van der Waals surface area contributed by atoms with E-state index in [1.54, 1.807) is 12.1 Å². The van der Waals surface area contributed by atoms with Gasteiger partial charge in [0.2, 0.25) is 0 Å². The Morgan fingerprint density at radius 2 is 2.29 bits per heavy atom. The Morgan fingerprint density at radius 3 is 3.00 bits per heavy atom. The van der Waals surface area contributed by atoms with E-state index >= 15 is 0 Å². The number of aromatic nitrogens is 1. The molecule has 0 aliphatic carbocycles. The maximum atomic E-state index is 13.7. The molecule has 2 rings (SSSR count). The third-order valence-electron chi connectivity index (χ3n) is 2.18. The lowest BCUT2D eigenvalue weighted by Crippen LogP contribution is -1.83. The van der Waals surface area contributed by atoms with Crippen LogP contribution in [0.25, 0.3) is 10.9 Å². The van der Waals surface area contributed by atoms with Gasteiger partial charge in [0.05, 0.1) is 4.47 Å². The third-order valence-corrected chi connectivity index (χ3v) is 2.79. The highest BCUT2D eigenvalue weighted by atomic mass is 79.9. The third kappa shape index (κ3) is 1.38. The predicted molar refractivity (Wildman–Crippen MR) is 59.9 cm³/mol. The Hall–Kier alpha value is -1.09. The van der Waals surface area contributed by atoms with E-state index in [2.05, 4.69) is 27.5 Å². The summed E-state index contributed by atoms with van der Waals surface area (Å²) in [6.07, 6.45) is 4.26. The van der Waals surface area contributed by atoms with Gasteiger partial charge in [0.15, 0.2) is 0 Å². The molecule has 14 heavy (non-hydrogen) atoms. The molecule has 0 spiro atoms. The van der Waals surface area contributed by atoms with Crippen LogP contribution in [0.5, 0.6) is 0 Å². The number of fused-ring (bicyclic) bond motifs is 1. The molecule has 72 valence electrons. The fourth-order valence-electron chi connectivity index (χ4n) is 1.54. The molecule has 1 nitrogen and oxygen atoms in total. The van der Waals surface area contributed by atoms with E-state index in [4.69, 9.17) is 0 Å². The quantitative estimate of drug-likeness (QED) is 0.784. The first kappa shape index (κ1) is 9.46. The molecule has 1 N–H and O–H groups in total. The smallest absolute Gasteiger partial charge is 0.147 e. The number of allylic oxidation sites excluding steroid dienone is 1. The van der Waals surface area contributed by atoms with E-state index < -0.39 is 0 Å². The molecule has 1 aromatic carbocycles. The number of H-pyrrole nitrogens is 1. The molecule has 0 fully saturated rings. The van der Waals surface area contributed by atoms with Crippen LogP contribution < -0.4 is 0 Å². The second kappa shape index (κ2) is 3.58. The average Bonchev–Trinajstić information content (AvgIpc) is 2.57. The summed E-state index contributed by atoms with van der Waals surface area (Å²) in [7, 11) is 0. The molecule has 0 amide bonds. The topological polar surface area (TPSA) is 15.8 Å². The van der Waals surface area contributed by atoms with Gasteiger partial charge in [-0.1, -0.05) is 6.08 Å².